The lowest BCUT2D eigenvalue weighted by Gasteiger charge is -2.18. The Balaban J connectivity index is 1.56. The van der Waals surface area contributed by atoms with Gasteiger partial charge in [-0.1, -0.05) is 18.2 Å². The molecule has 3 atom stereocenters. The van der Waals surface area contributed by atoms with Gasteiger partial charge in [-0.25, -0.2) is 4.39 Å². The van der Waals surface area contributed by atoms with Crippen LogP contribution in [-0.4, -0.2) is 51.8 Å². The number of β-amino-alcohol motifs (C(OH)–C–C–N with tert-alkyl or cyclic N) is 1. The lowest BCUT2D eigenvalue weighted by atomic mass is 10.1. The van der Waals surface area contributed by atoms with Gasteiger partial charge in [-0.05, 0) is 35.9 Å². The number of benzene rings is 2. The van der Waals surface area contributed by atoms with E-state index in [2.05, 4.69) is 15.6 Å². The molecular weight excluding hydrogens is 381 g/mol. The maximum atomic E-state index is 13.3. The van der Waals surface area contributed by atoms with Gasteiger partial charge in [-0.15, -0.1) is 11.8 Å². The fourth-order valence-corrected chi connectivity index (χ4v) is 4.34. The number of nitrogens with one attached hydrogen (secondary N) is 3. The third-order valence-corrected chi connectivity index (χ3v) is 5.88. The van der Waals surface area contributed by atoms with Gasteiger partial charge in [-0.3, -0.25) is 10.1 Å². The number of thioether (sulfide) groups is 1. The van der Waals surface area contributed by atoms with Crippen molar-refractivity contribution in [3.05, 3.63) is 54.3 Å². The molecule has 0 spiro atoms. The summed E-state index contributed by atoms with van der Waals surface area (Å²) in [6.07, 6.45) is -1.79. The number of hydrogen-bond acceptors (Lipinski definition) is 5. The smallest absolute Gasteiger partial charge is 0.230 e. The molecule has 5 N–H and O–H groups in total. The van der Waals surface area contributed by atoms with E-state index in [-0.39, 0.29) is 24.0 Å². The van der Waals surface area contributed by atoms with Gasteiger partial charge < -0.3 is 20.5 Å². The summed E-state index contributed by atoms with van der Waals surface area (Å²) in [5.41, 5.74) is 2.57. The van der Waals surface area contributed by atoms with Gasteiger partial charge in [0.2, 0.25) is 5.91 Å². The summed E-state index contributed by atoms with van der Waals surface area (Å²) in [6.45, 7) is 0.233. The van der Waals surface area contributed by atoms with Crippen molar-refractivity contribution in [2.24, 2.45) is 0 Å². The van der Waals surface area contributed by atoms with Crippen molar-refractivity contribution in [2.45, 2.75) is 23.3 Å². The highest BCUT2D eigenvalue weighted by atomic mass is 32.2. The Kier molecular flexibility index (Phi) is 5.36. The second-order valence-electron chi connectivity index (χ2n) is 6.68. The summed E-state index contributed by atoms with van der Waals surface area (Å²) in [6, 6.07) is 13.2. The van der Waals surface area contributed by atoms with Crippen molar-refractivity contribution in [1.82, 2.24) is 15.6 Å². The van der Waals surface area contributed by atoms with Crippen molar-refractivity contribution in [3.63, 3.8) is 0 Å². The number of aliphatic hydroxyl groups excluding tert-OH is 2. The first-order chi connectivity index (χ1) is 13.5. The molecule has 0 aliphatic carbocycles. The molecule has 8 heteroatoms. The number of carbonyl (C=O) groups is 1. The number of amides is 1. The predicted octanol–water partition coefficient (Wildman–Crippen LogP) is 1.83. The number of hydrogen-bond donors (Lipinski definition) is 5. The highest BCUT2D eigenvalue weighted by Crippen LogP contribution is 2.37. The Morgan fingerprint density at radius 3 is 2.64 bits per heavy atom. The molecule has 28 heavy (non-hydrogen) atoms. The molecule has 1 amide bonds. The van der Waals surface area contributed by atoms with E-state index < -0.39 is 18.4 Å². The van der Waals surface area contributed by atoms with E-state index in [1.165, 1.54) is 23.9 Å². The molecule has 3 aromatic rings. The van der Waals surface area contributed by atoms with Gasteiger partial charge in [-0.2, -0.15) is 0 Å². The molecule has 0 bridgehead atoms. The number of para-hydroxylation sites is 1. The Hall–Kier alpha value is -2.39. The van der Waals surface area contributed by atoms with E-state index in [4.69, 9.17) is 0 Å². The Morgan fingerprint density at radius 2 is 1.93 bits per heavy atom. The lowest BCUT2D eigenvalue weighted by Crippen LogP contribution is -2.48. The maximum absolute atomic E-state index is 13.3. The summed E-state index contributed by atoms with van der Waals surface area (Å²) in [7, 11) is 0. The zero-order valence-electron chi connectivity index (χ0n) is 14.9. The summed E-state index contributed by atoms with van der Waals surface area (Å²) in [4.78, 5) is 16.6. The van der Waals surface area contributed by atoms with Crippen molar-refractivity contribution >= 4 is 28.6 Å². The third kappa shape index (κ3) is 3.77. The van der Waals surface area contributed by atoms with E-state index in [9.17, 15) is 19.4 Å². The van der Waals surface area contributed by atoms with E-state index >= 15 is 0 Å². The van der Waals surface area contributed by atoms with Gasteiger partial charge in [0, 0.05) is 22.3 Å². The molecule has 1 aliphatic rings. The Labute approximate surface area is 165 Å². The second kappa shape index (κ2) is 7.92. The van der Waals surface area contributed by atoms with Crippen molar-refractivity contribution in [2.75, 3.05) is 12.3 Å². The fourth-order valence-electron chi connectivity index (χ4n) is 3.33. The largest absolute Gasteiger partial charge is 0.389 e. The number of rotatable bonds is 5. The van der Waals surface area contributed by atoms with Gasteiger partial charge in [0.15, 0.2) is 0 Å². The lowest BCUT2D eigenvalue weighted by molar-refractivity contribution is -0.120. The van der Waals surface area contributed by atoms with Gasteiger partial charge in [0.1, 0.15) is 12.0 Å². The summed E-state index contributed by atoms with van der Waals surface area (Å²) < 4.78 is 13.3. The monoisotopic (exact) mass is 401 g/mol. The van der Waals surface area contributed by atoms with Gasteiger partial charge >= 0.3 is 0 Å². The topological polar surface area (TPSA) is 97.4 Å². The molecule has 2 aromatic carbocycles. The minimum Gasteiger partial charge on any atom is -0.389 e. The average Bonchev–Trinajstić information content (AvgIpc) is 3.22. The zero-order valence-corrected chi connectivity index (χ0v) is 15.7. The third-order valence-electron chi connectivity index (χ3n) is 4.76. The summed E-state index contributed by atoms with van der Waals surface area (Å²) >= 11 is 1.36. The Morgan fingerprint density at radius 1 is 1.18 bits per heavy atom. The van der Waals surface area contributed by atoms with Crippen molar-refractivity contribution < 1.29 is 19.4 Å². The molecule has 1 aromatic heterocycles. The molecule has 2 heterocycles. The predicted molar refractivity (Wildman–Crippen MR) is 106 cm³/mol. The number of carbonyl (C=O) groups excluding carboxylic acids is 1. The van der Waals surface area contributed by atoms with E-state index in [0.717, 1.165) is 27.1 Å². The molecule has 0 saturated carbocycles. The van der Waals surface area contributed by atoms with Crippen LogP contribution in [0.5, 0.6) is 0 Å². The van der Waals surface area contributed by atoms with Crippen molar-refractivity contribution in [1.29, 1.82) is 0 Å². The molecule has 1 unspecified atom stereocenters. The highest BCUT2D eigenvalue weighted by Gasteiger charge is 2.34. The van der Waals surface area contributed by atoms with Crippen LogP contribution in [0, 0.1) is 5.82 Å². The molecule has 1 fully saturated rings. The number of halogens is 1. The van der Waals surface area contributed by atoms with E-state index in [0.29, 0.717) is 0 Å². The Bertz CT molecular complexity index is 982. The molecule has 4 rings (SSSR count). The number of H-pyrrole nitrogens is 1. The number of aromatic nitrogens is 1. The molecule has 1 aliphatic heterocycles. The highest BCUT2D eigenvalue weighted by molar-refractivity contribution is 8.00. The van der Waals surface area contributed by atoms with Crippen LogP contribution in [0.3, 0.4) is 0 Å². The van der Waals surface area contributed by atoms with Crippen LogP contribution < -0.4 is 10.6 Å². The van der Waals surface area contributed by atoms with Crippen LogP contribution in [0.4, 0.5) is 4.39 Å². The van der Waals surface area contributed by atoms with Crippen LogP contribution in [0.15, 0.2) is 53.4 Å². The minimum atomic E-state index is -0.966. The van der Waals surface area contributed by atoms with E-state index in [1.54, 1.807) is 12.1 Å². The second-order valence-corrected chi connectivity index (χ2v) is 7.67. The summed E-state index contributed by atoms with van der Waals surface area (Å²) in [5, 5.41) is 26.0. The molecule has 0 radical (unpaired) electrons. The quantitative estimate of drug-likeness (QED) is 0.421. The van der Waals surface area contributed by atoms with E-state index in [1.807, 2.05) is 24.3 Å². The number of aromatic amines is 1. The SMILES string of the molecule is O=C(CSc1c(-c2ccc(F)cc2)[nH]c2ccccc12)N[C@@H]1C(O)NC[C@H]1O. The van der Waals surface area contributed by atoms with Gasteiger partial charge in [0.05, 0.1) is 23.6 Å². The number of fused-ring (bicyclic) bond motifs is 1. The first kappa shape index (κ1) is 18.9. The summed E-state index contributed by atoms with van der Waals surface area (Å²) in [5.74, 6) is -0.478. The fraction of sp³-hybridized carbons (Fsp3) is 0.250. The molecular formula is C20H20FN3O3S. The first-order valence-corrected chi connectivity index (χ1v) is 9.90. The van der Waals surface area contributed by atoms with Crippen LogP contribution in [0.1, 0.15) is 0 Å². The van der Waals surface area contributed by atoms with Crippen LogP contribution in [0.2, 0.25) is 0 Å². The standard InChI is InChI=1S/C20H20FN3O3S/c21-12-7-5-11(6-8-12)17-19(13-3-1-2-4-14(13)23-17)28-10-16(26)24-18-15(25)9-22-20(18)27/h1-8,15,18,20,22-23,25,27H,9-10H2,(H,24,26)/t15-,18+,20?/m1/s1. The maximum Gasteiger partial charge on any atom is 0.230 e. The van der Waals surface area contributed by atoms with Gasteiger partial charge in [0.25, 0.3) is 0 Å². The molecule has 146 valence electrons. The van der Waals surface area contributed by atoms with Crippen LogP contribution in [0.25, 0.3) is 22.2 Å². The normalized spacial score (nSPS) is 21.9. The first-order valence-electron chi connectivity index (χ1n) is 8.91. The zero-order chi connectivity index (χ0) is 19.7. The minimum absolute atomic E-state index is 0.117. The average molecular weight is 401 g/mol. The molecule has 6 nitrogen and oxygen atoms in total. The molecule has 1 saturated heterocycles. The van der Waals surface area contributed by atoms with Crippen molar-refractivity contribution in [3.8, 4) is 11.3 Å². The van der Waals surface area contributed by atoms with Crippen LogP contribution in [-0.2, 0) is 4.79 Å². The van der Waals surface area contributed by atoms with Crippen LogP contribution >= 0.6 is 11.8 Å². The number of aliphatic hydroxyl groups is 2.